The van der Waals surface area contributed by atoms with Crippen molar-refractivity contribution in [3.05, 3.63) is 81.8 Å². The second kappa shape index (κ2) is 8.63. The second-order valence-electron chi connectivity index (χ2n) is 7.78. The fourth-order valence-electron chi connectivity index (χ4n) is 3.92. The molecule has 0 saturated carbocycles. The Bertz CT molecular complexity index is 1120. The Morgan fingerprint density at radius 3 is 2.59 bits per heavy atom. The summed E-state index contributed by atoms with van der Waals surface area (Å²) in [6, 6.07) is 11.0. The Morgan fingerprint density at radius 2 is 1.91 bits per heavy atom. The SMILES string of the molecule is C[C@@H](C(=O)NCc1ccc(F)cc1)N1CC2=C(C1=O)[C@@H](c1ccccc1Cl)NC(=O)N2C. The van der Waals surface area contributed by atoms with Gasteiger partial charge in [-0.15, -0.1) is 0 Å². The molecule has 0 aliphatic carbocycles. The number of urea groups is 1. The molecule has 0 bridgehead atoms. The Morgan fingerprint density at radius 1 is 1.22 bits per heavy atom. The number of halogens is 2. The van der Waals surface area contributed by atoms with E-state index in [1.807, 2.05) is 0 Å². The van der Waals surface area contributed by atoms with E-state index in [4.69, 9.17) is 11.6 Å². The zero-order valence-electron chi connectivity index (χ0n) is 17.6. The number of carbonyl (C=O) groups excluding carboxylic acids is 3. The lowest BCUT2D eigenvalue weighted by atomic mass is 9.95. The van der Waals surface area contributed by atoms with E-state index in [2.05, 4.69) is 10.6 Å². The molecule has 2 atom stereocenters. The highest BCUT2D eigenvalue weighted by atomic mass is 35.5. The van der Waals surface area contributed by atoms with Gasteiger partial charge in [0.2, 0.25) is 5.91 Å². The fraction of sp³-hybridized carbons (Fsp3) is 0.261. The standard InChI is InChI=1S/C23H22ClFN4O3/c1-13(21(30)26-11-14-7-9-15(25)10-8-14)29-12-18-19(22(29)31)20(27-23(32)28(18)2)16-5-3-4-6-17(16)24/h3-10,13,20H,11-12H2,1-2H3,(H,26,30)(H,27,32)/t13-,20+/m0/s1. The van der Waals surface area contributed by atoms with Crippen molar-refractivity contribution in [2.24, 2.45) is 0 Å². The smallest absolute Gasteiger partial charge is 0.322 e. The number of hydrogen-bond donors (Lipinski definition) is 2. The maximum Gasteiger partial charge on any atom is 0.322 e. The zero-order valence-corrected chi connectivity index (χ0v) is 18.3. The first-order valence-electron chi connectivity index (χ1n) is 10.1. The summed E-state index contributed by atoms with van der Waals surface area (Å²) in [6.07, 6.45) is 0. The molecule has 0 radical (unpaired) electrons. The molecule has 2 aromatic rings. The fourth-order valence-corrected chi connectivity index (χ4v) is 4.17. The lowest BCUT2D eigenvalue weighted by Crippen LogP contribution is -2.46. The van der Waals surface area contributed by atoms with Crippen molar-refractivity contribution in [3.8, 4) is 0 Å². The molecule has 7 nitrogen and oxygen atoms in total. The minimum Gasteiger partial charge on any atom is -0.350 e. The minimum absolute atomic E-state index is 0.129. The quantitative estimate of drug-likeness (QED) is 0.725. The Labute approximate surface area is 189 Å². The van der Waals surface area contributed by atoms with Gasteiger partial charge in [0, 0.05) is 18.6 Å². The molecule has 2 aliphatic rings. The molecule has 0 fully saturated rings. The number of hydrogen-bond acceptors (Lipinski definition) is 3. The van der Waals surface area contributed by atoms with Crippen LogP contribution in [0.2, 0.25) is 5.02 Å². The molecule has 0 saturated heterocycles. The first-order valence-corrected chi connectivity index (χ1v) is 10.5. The van der Waals surface area contributed by atoms with Crippen LogP contribution >= 0.6 is 11.6 Å². The van der Waals surface area contributed by atoms with Crippen molar-refractivity contribution in [3.63, 3.8) is 0 Å². The Kier molecular flexibility index (Phi) is 5.88. The third kappa shape index (κ3) is 3.93. The van der Waals surface area contributed by atoms with E-state index in [0.717, 1.165) is 5.56 Å². The third-order valence-electron chi connectivity index (χ3n) is 5.83. The van der Waals surface area contributed by atoms with Crippen molar-refractivity contribution in [1.29, 1.82) is 0 Å². The number of benzene rings is 2. The van der Waals surface area contributed by atoms with E-state index in [1.54, 1.807) is 50.4 Å². The highest BCUT2D eigenvalue weighted by Gasteiger charge is 2.45. The summed E-state index contributed by atoms with van der Waals surface area (Å²) in [5.74, 6) is -1.03. The number of nitrogens with zero attached hydrogens (tertiary/aromatic N) is 2. The van der Waals surface area contributed by atoms with Gasteiger partial charge in [-0.2, -0.15) is 0 Å². The molecule has 9 heteroatoms. The van der Waals surface area contributed by atoms with Crippen molar-refractivity contribution in [1.82, 2.24) is 20.4 Å². The monoisotopic (exact) mass is 456 g/mol. The van der Waals surface area contributed by atoms with Gasteiger partial charge in [0.25, 0.3) is 5.91 Å². The van der Waals surface area contributed by atoms with Gasteiger partial charge in [0.05, 0.1) is 23.9 Å². The highest BCUT2D eigenvalue weighted by molar-refractivity contribution is 6.31. The van der Waals surface area contributed by atoms with Gasteiger partial charge in [0.15, 0.2) is 0 Å². The first kappa shape index (κ1) is 21.8. The first-order chi connectivity index (χ1) is 15.3. The molecule has 2 heterocycles. The summed E-state index contributed by atoms with van der Waals surface area (Å²) in [5, 5.41) is 6.04. The summed E-state index contributed by atoms with van der Waals surface area (Å²) >= 11 is 6.34. The third-order valence-corrected chi connectivity index (χ3v) is 6.18. The van der Waals surface area contributed by atoms with Gasteiger partial charge in [-0.3, -0.25) is 14.5 Å². The number of amides is 4. The van der Waals surface area contributed by atoms with E-state index >= 15 is 0 Å². The molecule has 0 aromatic heterocycles. The summed E-state index contributed by atoms with van der Waals surface area (Å²) < 4.78 is 13.1. The summed E-state index contributed by atoms with van der Waals surface area (Å²) in [5.41, 5.74) is 2.30. The van der Waals surface area contributed by atoms with Crippen LogP contribution in [0.5, 0.6) is 0 Å². The molecule has 32 heavy (non-hydrogen) atoms. The molecule has 0 unspecified atom stereocenters. The highest BCUT2D eigenvalue weighted by Crippen LogP contribution is 2.38. The topological polar surface area (TPSA) is 81.8 Å². The predicted octanol–water partition coefficient (Wildman–Crippen LogP) is 2.98. The van der Waals surface area contributed by atoms with Gasteiger partial charge < -0.3 is 15.5 Å². The van der Waals surface area contributed by atoms with Crippen molar-refractivity contribution < 1.29 is 18.8 Å². The predicted molar refractivity (Wildman–Crippen MR) is 117 cm³/mol. The van der Waals surface area contributed by atoms with Crippen LogP contribution in [0.15, 0.2) is 59.8 Å². The summed E-state index contributed by atoms with van der Waals surface area (Å²) in [7, 11) is 1.59. The summed E-state index contributed by atoms with van der Waals surface area (Å²) in [6.45, 7) is 1.97. The van der Waals surface area contributed by atoms with Gasteiger partial charge >= 0.3 is 6.03 Å². The van der Waals surface area contributed by atoms with E-state index in [-0.39, 0.29) is 36.8 Å². The van der Waals surface area contributed by atoms with Gasteiger partial charge in [-0.05, 0) is 36.2 Å². The molecule has 4 rings (SSSR count). The molecule has 0 spiro atoms. The lowest BCUT2D eigenvalue weighted by molar-refractivity contribution is -0.135. The lowest BCUT2D eigenvalue weighted by Gasteiger charge is -2.31. The molecule has 2 aliphatic heterocycles. The molecular weight excluding hydrogens is 435 g/mol. The van der Waals surface area contributed by atoms with Crippen molar-refractivity contribution in [2.75, 3.05) is 13.6 Å². The van der Waals surface area contributed by atoms with Crippen molar-refractivity contribution >= 4 is 29.4 Å². The molecule has 2 aromatic carbocycles. The van der Waals surface area contributed by atoms with Crippen LogP contribution in [-0.2, 0) is 16.1 Å². The number of likely N-dealkylation sites (N-methyl/N-ethyl adjacent to an activating group) is 1. The molecule has 4 amide bonds. The minimum atomic E-state index is -0.774. The van der Waals surface area contributed by atoms with Gasteiger partial charge in [-0.1, -0.05) is 41.9 Å². The zero-order chi connectivity index (χ0) is 23.0. The van der Waals surface area contributed by atoms with Crippen LogP contribution in [0.25, 0.3) is 0 Å². The number of rotatable bonds is 5. The number of carbonyl (C=O) groups is 3. The maximum absolute atomic E-state index is 13.4. The maximum atomic E-state index is 13.4. The van der Waals surface area contributed by atoms with Gasteiger partial charge in [0.1, 0.15) is 11.9 Å². The normalized spacial score (nSPS) is 19.1. The average molecular weight is 457 g/mol. The van der Waals surface area contributed by atoms with E-state index in [9.17, 15) is 18.8 Å². The van der Waals surface area contributed by atoms with Crippen LogP contribution < -0.4 is 10.6 Å². The summed E-state index contributed by atoms with van der Waals surface area (Å²) in [4.78, 5) is 41.5. The van der Waals surface area contributed by atoms with E-state index in [0.29, 0.717) is 21.9 Å². The second-order valence-corrected chi connectivity index (χ2v) is 8.18. The van der Waals surface area contributed by atoms with E-state index in [1.165, 1.54) is 21.9 Å². The molecule has 2 N–H and O–H groups in total. The largest absolute Gasteiger partial charge is 0.350 e. The van der Waals surface area contributed by atoms with Crippen LogP contribution in [0.1, 0.15) is 24.1 Å². The van der Waals surface area contributed by atoms with Crippen LogP contribution in [0.4, 0.5) is 9.18 Å². The van der Waals surface area contributed by atoms with Crippen LogP contribution in [0, 0.1) is 5.82 Å². The number of nitrogens with one attached hydrogen (secondary N) is 2. The van der Waals surface area contributed by atoms with Crippen LogP contribution in [-0.4, -0.2) is 47.3 Å². The Hall–Kier alpha value is -3.39. The molecule has 166 valence electrons. The van der Waals surface area contributed by atoms with Crippen LogP contribution in [0.3, 0.4) is 0 Å². The van der Waals surface area contributed by atoms with E-state index < -0.39 is 12.1 Å². The van der Waals surface area contributed by atoms with Crippen molar-refractivity contribution in [2.45, 2.75) is 25.6 Å². The Balaban J connectivity index is 1.53. The molecular formula is C23H22ClFN4O3. The average Bonchev–Trinajstić information content (AvgIpc) is 3.13. The van der Waals surface area contributed by atoms with Gasteiger partial charge in [-0.25, -0.2) is 9.18 Å².